The minimum atomic E-state index is -0.410. The molecule has 0 amide bonds. The van der Waals surface area contributed by atoms with Crippen molar-refractivity contribution in [2.24, 2.45) is 0 Å². The van der Waals surface area contributed by atoms with Crippen molar-refractivity contribution in [3.05, 3.63) is 58.4 Å². The molecule has 1 aromatic carbocycles. The lowest BCUT2D eigenvalue weighted by Gasteiger charge is -2.23. The van der Waals surface area contributed by atoms with Gasteiger partial charge in [0.25, 0.3) is 0 Å². The van der Waals surface area contributed by atoms with Crippen LogP contribution in [0.5, 0.6) is 5.75 Å². The summed E-state index contributed by atoms with van der Waals surface area (Å²) in [5, 5.41) is 11.0. The van der Waals surface area contributed by atoms with Gasteiger partial charge in [-0.05, 0) is 37.6 Å². The summed E-state index contributed by atoms with van der Waals surface area (Å²) < 4.78 is 5.63. The maximum Gasteiger partial charge on any atom is 0.310 e. The van der Waals surface area contributed by atoms with Crippen molar-refractivity contribution < 1.29 is 9.66 Å². The quantitative estimate of drug-likeness (QED) is 0.657. The number of likely N-dealkylation sites (tertiary alicyclic amines) is 1. The second-order valence-corrected chi connectivity index (χ2v) is 5.39. The zero-order valence-electron chi connectivity index (χ0n) is 12.3. The highest BCUT2D eigenvalue weighted by molar-refractivity contribution is 5.45. The monoisotopic (exact) mass is 301 g/mol. The van der Waals surface area contributed by atoms with Gasteiger partial charge >= 0.3 is 5.69 Å². The average Bonchev–Trinajstić information content (AvgIpc) is 3.18. The van der Waals surface area contributed by atoms with Gasteiger partial charge in [-0.3, -0.25) is 15.0 Å². The first-order valence-corrected chi connectivity index (χ1v) is 7.49. The zero-order valence-corrected chi connectivity index (χ0v) is 12.3. The Morgan fingerprint density at radius 2 is 2.18 bits per heavy atom. The predicted molar refractivity (Wildman–Crippen MR) is 82.9 cm³/mol. The van der Waals surface area contributed by atoms with Gasteiger partial charge < -0.3 is 9.72 Å². The second kappa shape index (κ2) is 6.62. The molecule has 1 aliphatic heterocycles. The average molecular weight is 301 g/mol. The number of ether oxygens (including phenoxy) is 1. The Morgan fingerprint density at radius 1 is 1.32 bits per heavy atom. The molecule has 1 aliphatic rings. The normalized spacial score (nSPS) is 18.5. The van der Waals surface area contributed by atoms with Crippen LogP contribution < -0.4 is 4.74 Å². The molecule has 2 heterocycles. The van der Waals surface area contributed by atoms with Crippen molar-refractivity contribution in [3.63, 3.8) is 0 Å². The van der Waals surface area contributed by atoms with Crippen molar-refractivity contribution in [3.8, 4) is 5.75 Å². The van der Waals surface area contributed by atoms with Crippen LogP contribution >= 0.6 is 0 Å². The highest BCUT2D eigenvalue weighted by atomic mass is 16.6. The molecule has 0 aliphatic carbocycles. The molecule has 0 spiro atoms. The number of benzene rings is 1. The Hall–Kier alpha value is -2.34. The molecule has 22 heavy (non-hydrogen) atoms. The van der Waals surface area contributed by atoms with Crippen molar-refractivity contribution in [1.29, 1.82) is 0 Å². The molecule has 116 valence electrons. The van der Waals surface area contributed by atoms with Gasteiger partial charge in [-0.2, -0.15) is 0 Å². The van der Waals surface area contributed by atoms with E-state index in [9.17, 15) is 10.1 Å². The van der Waals surface area contributed by atoms with Crippen LogP contribution in [0.2, 0.25) is 0 Å². The van der Waals surface area contributed by atoms with Crippen LogP contribution in [0.25, 0.3) is 0 Å². The van der Waals surface area contributed by atoms with Gasteiger partial charge in [0, 0.05) is 30.5 Å². The Labute approximate surface area is 128 Å². The van der Waals surface area contributed by atoms with E-state index < -0.39 is 4.92 Å². The second-order valence-electron chi connectivity index (χ2n) is 5.39. The summed E-state index contributed by atoms with van der Waals surface area (Å²) in [5.74, 6) is 0.336. The predicted octanol–water partition coefficient (Wildman–Crippen LogP) is 3.14. The third-order valence-electron chi connectivity index (χ3n) is 4.04. The van der Waals surface area contributed by atoms with Crippen LogP contribution in [0.1, 0.15) is 24.6 Å². The first kappa shape index (κ1) is 14.6. The lowest BCUT2D eigenvalue weighted by atomic mass is 10.1. The van der Waals surface area contributed by atoms with Gasteiger partial charge in [-0.1, -0.05) is 12.1 Å². The zero-order chi connectivity index (χ0) is 15.4. The van der Waals surface area contributed by atoms with Crippen LogP contribution in [0, 0.1) is 10.1 Å². The van der Waals surface area contributed by atoms with E-state index in [0.29, 0.717) is 18.4 Å². The van der Waals surface area contributed by atoms with Crippen LogP contribution in [0.15, 0.2) is 42.6 Å². The molecule has 0 saturated carbocycles. The summed E-state index contributed by atoms with van der Waals surface area (Å²) in [7, 11) is 0. The molecular weight excluding hydrogens is 282 g/mol. The summed E-state index contributed by atoms with van der Waals surface area (Å²) in [6.45, 7) is 2.24. The van der Waals surface area contributed by atoms with Crippen molar-refractivity contribution in [2.75, 3.05) is 19.7 Å². The number of nitrogens with zero attached hydrogens (tertiary/aromatic N) is 2. The third-order valence-corrected chi connectivity index (χ3v) is 4.04. The first-order valence-electron chi connectivity index (χ1n) is 7.49. The van der Waals surface area contributed by atoms with Crippen LogP contribution in [0.3, 0.4) is 0 Å². The Balaban J connectivity index is 1.58. The third kappa shape index (κ3) is 3.12. The van der Waals surface area contributed by atoms with Gasteiger partial charge in [0.1, 0.15) is 6.61 Å². The highest BCUT2D eigenvalue weighted by Gasteiger charge is 2.26. The van der Waals surface area contributed by atoms with E-state index in [1.165, 1.54) is 11.8 Å². The van der Waals surface area contributed by atoms with Crippen molar-refractivity contribution in [1.82, 2.24) is 9.88 Å². The molecule has 6 heteroatoms. The lowest BCUT2D eigenvalue weighted by Crippen LogP contribution is -2.28. The molecule has 3 rings (SSSR count). The van der Waals surface area contributed by atoms with Crippen LogP contribution in [-0.2, 0) is 0 Å². The fraction of sp³-hybridized carbons (Fsp3) is 0.375. The van der Waals surface area contributed by atoms with E-state index in [2.05, 4.69) is 16.0 Å². The lowest BCUT2D eigenvalue weighted by molar-refractivity contribution is -0.385. The van der Waals surface area contributed by atoms with Gasteiger partial charge in [0.2, 0.25) is 0 Å². The molecule has 6 nitrogen and oxygen atoms in total. The van der Waals surface area contributed by atoms with Crippen molar-refractivity contribution in [2.45, 2.75) is 18.9 Å². The van der Waals surface area contributed by atoms with Crippen LogP contribution in [0.4, 0.5) is 5.69 Å². The summed E-state index contributed by atoms with van der Waals surface area (Å²) >= 11 is 0. The summed E-state index contributed by atoms with van der Waals surface area (Å²) in [4.78, 5) is 16.2. The number of nitrogens with one attached hydrogen (secondary N) is 1. The molecule has 1 fully saturated rings. The Morgan fingerprint density at radius 3 is 2.95 bits per heavy atom. The van der Waals surface area contributed by atoms with E-state index in [-0.39, 0.29) is 5.69 Å². The van der Waals surface area contributed by atoms with E-state index in [4.69, 9.17) is 4.74 Å². The number of nitro benzene ring substituents is 1. The van der Waals surface area contributed by atoms with Crippen molar-refractivity contribution >= 4 is 5.69 Å². The molecular formula is C16H19N3O3. The number of hydrogen-bond acceptors (Lipinski definition) is 4. The molecule has 1 aromatic heterocycles. The molecule has 0 radical (unpaired) electrons. The Bertz CT molecular complexity index is 627. The number of hydrogen-bond donors (Lipinski definition) is 1. The number of aromatic amines is 1. The van der Waals surface area contributed by atoms with Gasteiger partial charge in [0.05, 0.1) is 4.92 Å². The first-order chi connectivity index (χ1) is 10.8. The fourth-order valence-electron chi connectivity index (χ4n) is 3.00. The molecule has 0 unspecified atom stereocenters. The smallest absolute Gasteiger partial charge is 0.310 e. The number of rotatable bonds is 6. The standard InChI is InChI=1S/C16H19N3O3/c20-19(21)15-6-1-2-8-16(15)22-12-11-18-10-4-7-14(18)13-5-3-9-17-13/h1-3,5-6,8-9,14,17H,4,7,10-12H2/t14-/m1/s1. The molecule has 0 bridgehead atoms. The number of aromatic nitrogens is 1. The molecule has 2 aromatic rings. The highest BCUT2D eigenvalue weighted by Crippen LogP contribution is 2.31. The van der Waals surface area contributed by atoms with Gasteiger partial charge in [-0.15, -0.1) is 0 Å². The van der Waals surface area contributed by atoms with E-state index in [1.807, 2.05) is 12.3 Å². The minimum absolute atomic E-state index is 0.0184. The van der Waals surface area contributed by atoms with Gasteiger partial charge in [-0.25, -0.2) is 0 Å². The largest absolute Gasteiger partial charge is 0.485 e. The summed E-state index contributed by atoms with van der Waals surface area (Å²) in [6, 6.07) is 11.0. The molecule has 1 saturated heterocycles. The number of para-hydroxylation sites is 2. The SMILES string of the molecule is O=[N+]([O-])c1ccccc1OCCN1CCC[C@@H]1c1ccc[nH]1. The maximum absolute atomic E-state index is 11.0. The molecule has 1 atom stereocenters. The topological polar surface area (TPSA) is 71.4 Å². The van der Waals surface area contributed by atoms with E-state index in [1.54, 1.807) is 18.2 Å². The summed E-state index contributed by atoms with van der Waals surface area (Å²) in [6.07, 6.45) is 4.23. The fourth-order valence-corrected chi connectivity index (χ4v) is 3.00. The van der Waals surface area contributed by atoms with E-state index in [0.717, 1.165) is 25.9 Å². The van der Waals surface area contributed by atoms with Gasteiger partial charge in [0.15, 0.2) is 5.75 Å². The van der Waals surface area contributed by atoms with Crippen LogP contribution in [-0.4, -0.2) is 34.5 Å². The Kier molecular flexibility index (Phi) is 4.39. The number of H-pyrrole nitrogens is 1. The van der Waals surface area contributed by atoms with E-state index >= 15 is 0 Å². The maximum atomic E-state index is 11.0. The molecule has 1 N–H and O–H groups in total. The number of nitro groups is 1. The summed E-state index contributed by atoms with van der Waals surface area (Å²) in [5.41, 5.74) is 1.24. The minimum Gasteiger partial charge on any atom is -0.485 e.